The molecule has 0 saturated heterocycles. The van der Waals surface area contributed by atoms with Gasteiger partial charge < -0.3 is 0 Å². The molecular weight excluding hydrogens is 609 g/mol. The first-order chi connectivity index (χ1) is 24.3. The fraction of sp³-hybridized carbons (Fsp3) is 0. The molecule has 1 heteroatoms. The average molecular weight is 637 g/mol. The summed E-state index contributed by atoms with van der Waals surface area (Å²) in [6, 6.07) is 63.3. The fourth-order valence-corrected chi connectivity index (χ4v) is 9.61. The third kappa shape index (κ3) is 3.91. The molecule has 0 fully saturated rings. The van der Waals surface area contributed by atoms with E-state index in [1.807, 2.05) is 11.3 Å². The minimum absolute atomic E-state index is 1.23. The van der Waals surface area contributed by atoms with Gasteiger partial charge in [-0.2, -0.15) is 0 Å². The maximum absolute atomic E-state index is 2.47. The lowest BCUT2D eigenvalue weighted by molar-refractivity contribution is 1.63. The van der Waals surface area contributed by atoms with Gasteiger partial charge in [-0.1, -0.05) is 140 Å². The van der Waals surface area contributed by atoms with Crippen molar-refractivity contribution in [1.82, 2.24) is 0 Å². The summed E-state index contributed by atoms with van der Waals surface area (Å²) in [5, 5.41) is 18.3. The molecule has 10 aromatic carbocycles. The summed E-state index contributed by atoms with van der Waals surface area (Å²) in [5.74, 6) is 0. The highest BCUT2D eigenvalue weighted by atomic mass is 32.1. The van der Waals surface area contributed by atoms with Crippen molar-refractivity contribution in [3.8, 4) is 22.3 Å². The van der Waals surface area contributed by atoms with E-state index in [0.717, 1.165) is 0 Å². The van der Waals surface area contributed by atoms with Crippen molar-refractivity contribution in [2.45, 2.75) is 0 Å². The molecule has 0 bridgehead atoms. The molecular formula is C48H28S. The van der Waals surface area contributed by atoms with Gasteiger partial charge in [0, 0.05) is 20.2 Å². The summed E-state index contributed by atoms with van der Waals surface area (Å²) in [7, 11) is 0. The minimum Gasteiger partial charge on any atom is -0.135 e. The van der Waals surface area contributed by atoms with Crippen LogP contribution in [0.3, 0.4) is 0 Å². The summed E-state index contributed by atoms with van der Waals surface area (Å²) in [5.41, 5.74) is 5.01. The van der Waals surface area contributed by atoms with Crippen molar-refractivity contribution in [3.05, 3.63) is 170 Å². The van der Waals surface area contributed by atoms with Crippen LogP contribution in [0, 0.1) is 0 Å². The maximum atomic E-state index is 2.47. The van der Waals surface area contributed by atoms with Gasteiger partial charge in [-0.3, -0.25) is 0 Å². The van der Waals surface area contributed by atoms with Crippen LogP contribution in [-0.2, 0) is 0 Å². The van der Waals surface area contributed by atoms with Crippen molar-refractivity contribution in [2.75, 3.05) is 0 Å². The molecule has 1 heterocycles. The molecule has 0 atom stereocenters. The quantitative estimate of drug-likeness (QED) is 0.131. The highest BCUT2D eigenvalue weighted by Gasteiger charge is 2.16. The first-order valence-corrected chi connectivity index (χ1v) is 17.7. The van der Waals surface area contributed by atoms with Gasteiger partial charge in [0.15, 0.2) is 0 Å². The van der Waals surface area contributed by atoms with Crippen LogP contribution in [0.25, 0.3) is 107 Å². The van der Waals surface area contributed by atoms with Crippen molar-refractivity contribution in [2.24, 2.45) is 0 Å². The van der Waals surface area contributed by atoms with E-state index in [1.54, 1.807) is 0 Å². The molecule has 226 valence electrons. The van der Waals surface area contributed by atoms with Gasteiger partial charge in [-0.05, 0) is 117 Å². The third-order valence-corrected chi connectivity index (χ3v) is 11.8. The second-order valence-corrected chi connectivity index (χ2v) is 14.3. The Kier molecular flexibility index (Phi) is 5.64. The van der Waals surface area contributed by atoms with Crippen LogP contribution in [0.5, 0.6) is 0 Å². The van der Waals surface area contributed by atoms with Gasteiger partial charge >= 0.3 is 0 Å². The summed E-state index contributed by atoms with van der Waals surface area (Å²) in [6.45, 7) is 0. The Morgan fingerprint density at radius 1 is 0.245 bits per heavy atom. The fourth-order valence-electron chi connectivity index (χ4n) is 8.37. The SMILES string of the molecule is c1cc(-c2ccc3c4ccccc4c4cc5c6ccccc6c6ccccc6c5cc4c3c2)cc(-c2cccc3c2sc2ccccc23)c1. The zero-order chi connectivity index (χ0) is 32.1. The zero-order valence-corrected chi connectivity index (χ0v) is 27.4. The number of benzene rings is 10. The number of fused-ring (bicyclic) bond motifs is 15. The van der Waals surface area contributed by atoms with Crippen LogP contribution < -0.4 is 0 Å². The molecule has 49 heavy (non-hydrogen) atoms. The van der Waals surface area contributed by atoms with Crippen molar-refractivity contribution < 1.29 is 0 Å². The van der Waals surface area contributed by atoms with E-state index in [-0.39, 0.29) is 0 Å². The summed E-state index contributed by atoms with van der Waals surface area (Å²) in [4.78, 5) is 0. The molecule has 0 saturated carbocycles. The van der Waals surface area contributed by atoms with E-state index in [9.17, 15) is 0 Å². The Hall–Kier alpha value is -6.02. The Balaban J connectivity index is 1.19. The Morgan fingerprint density at radius 3 is 1.31 bits per heavy atom. The Bertz CT molecular complexity index is 3160. The number of hydrogen-bond acceptors (Lipinski definition) is 1. The largest absolute Gasteiger partial charge is 0.135 e. The molecule has 0 aliphatic carbocycles. The molecule has 0 spiro atoms. The van der Waals surface area contributed by atoms with E-state index in [4.69, 9.17) is 0 Å². The summed E-state index contributed by atoms with van der Waals surface area (Å²) in [6.07, 6.45) is 0. The molecule has 0 unspecified atom stereocenters. The van der Waals surface area contributed by atoms with Crippen molar-refractivity contribution in [1.29, 1.82) is 0 Å². The maximum Gasteiger partial charge on any atom is 0.0433 e. The second-order valence-electron chi connectivity index (χ2n) is 13.2. The molecule has 0 nitrogen and oxygen atoms in total. The number of rotatable bonds is 2. The van der Waals surface area contributed by atoms with Crippen LogP contribution in [0.1, 0.15) is 0 Å². The normalized spacial score (nSPS) is 12.1. The molecule has 0 amide bonds. The second kappa shape index (κ2) is 10.2. The Morgan fingerprint density at radius 2 is 0.673 bits per heavy atom. The van der Waals surface area contributed by atoms with Crippen LogP contribution in [0.4, 0.5) is 0 Å². The lowest BCUT2D eigenvalue weighted by Gasteiger charge is -2.16. The molecule has 0 aliphatic rings. The molecule has 1 aromatic heterocycles. The van der Waals surface area contributed by atoms with E-state index in [1.165, 1.54) is 107 Å². The van der Waals surface area contributed by atoms with Crippen LogP contribution in [-0.4, -0.2) is 0 Å². The number of hydrogen-bond donors (Lipinski definition) is 0. The van der Waals surface area contributed by atoms with Crippen LogP contribution >= 0.6 is 11.3 Å². The van der Waals surface area contributed by atoms with Gasteiger partial charge in [0.2, 0.25) is 0 Å². The summed E-state index contributed by atoms with van der Waals surface area (Å²) < 4.78 is 2.69. The standard InChI is InChI=1S/C48H28S/c1-4-16-36-33(13-1)34-14-2-5-17-37(34)44-28-46-42-26-30(23-24-39(42)35-15-3-6-18-38(35)45(46)27-43(36)44)29-11-9-12-31(25-29)32-20-10-21-41-40-19-7-8-22-47(40)49-48(32)41/h1-28H. The van der Waals surface area contributed by atoms with Gasteiger partial charge in [-0.15, -0.1) is 11.3 Å². The average Bonchev–Trinajstić information content (AvgIpc) is 3.56. The monoisotopic (exact) mass is 636 g/mol. The molecule has 0 N–H and O–H groups in total. The molecule has 0 aliphatic heterocycles. The first kappa shape index (κ1) is 27.0. The van der Waals surface area contributed by atoms with Crippen molar-refractivity contribution in [3.63, 3.8) is 0 Å². The number of thiophene rings is 1. The molecule has 11 aromatic rings. The predicted octanol–water partition coefficient (Wildman–Crippen LogP) is 14.3. The molecule has 11 rings (SSSR count). The summed E-state index contributed by atoms with van der Waals surface area (Å²) >= 11 is 1.89. The van der Waals surface area contributed by atoms with Crippen LogP contribution in [0.2, 0.25) is 0 Å². The smallest absolute Gasteiger partial charge is 0.0433 e. The predicted molar refractivity (Wildman–Crippen MR) is 215 cm³/mol. The van der Waals surface area contributed by atoms with Gasteiger partial charge in [0.1, 0.15) is 0 Å². The topological polar surface area (TPSA) is 0 Å². The lowest BCUT2D eigenvalue weighted by atomic mass is 9.87. The van der Waals surface area contributed by atoms with Crippen LogP contribution in [0.15, 0.2) is 170 Å². The minimum atomic E-state index is 1.23. The lowest BCUT2D eigenvalue weighted by Crippen LogP contribution is -1.88. The van der Waals surface area contributed by atoms with E-state index >= 15 is 0 Å². The van der Waals surface area contributed by atoms with Gasteiger partial charge in [-0.25, -0.2) is 0 Å². The third-order valence-electron chi connectivity index (χ3n) is 10.6. The highest BCUT2D eigenvalue weighted by molar-refractivity contribution is 7.26. The Labute approximate surface area is 287 Å². The zero-order valence-electron chi connectivity index (χ0n) is 26.6. The van der Waals surface area contributed by atoms with Gasteiger partial charge in [0.25, 0.3) is 0 Å². The van der Waals surface area contributed by atoms with E-state index in [2.05, 4.69) is 170 Å². The highest BCUT2D eigenvalue weighted by Crippen LogP contribution is 2.44. The van der Waals surface area contributed by atoms with E-state index < -0.39 is 0 Å². The van der Waals surface area contributed by atoms with Crippen molar-refractivity contribution >= 4 is 96.1 Å². The van der Waals surface area contributed by atoms with E-state index in [0.29, 0.717) is 0 Å². The molecule has 0 radical (unpaired) electrons. The first-order valence-electron chi connectivity index (χ1n) is 16.9. The van der Waals surface area contributed by atoms with Gasteiger partial charge in [0.05, 0.1) is 0 Å².